The van der Waals surface area contributed by atoms with Crippen LogP contribution in [0, 0.1) is 13.8 Å². The quantitative estimate of drug-likeness (QED) is 0.502. The minimum absolute atomic E-state index is 0.188. The molecule has 0 aliphatic heterocycles. The van der Waals surface area contributed by atoms with Crippen molar-refractivity contribution >= 4 is 34.2 Å². The molecule has 9 nitrogen and oxygen atoms in total. The Balaban J connectivity index is 1.52. The number of benzene rings is 2. The van der Waals surface area contributed by atoms with Crippen LogP contribution in [0.25, 0.3) is 11.0 Å². The van der Waals surface area contributed by atoms with E-state index in [4.69, 9.17) is 4.52 Å². The number of fused-ring (bicyclic) bond motifs is 1. The number of hydrogen-bond donors (Lipinski definition) is 3. The van der Waals surface area contributed by atoms with Gasteiger partial charge in [0, 0.05) is 23.0 Å². The van der Waals surface area contributed by atoms with Gasteiger partial charge in [-0.1, -0.05) is 16.4 Å². The summed E-state index contributed by atoms with van der Waals surface area (Å²) in [7, 11) is 0. The van der Waals surface area contributed by atoms with E-state index in [1.165, 1.54) is 0 Å². The van der Waals surface area contributed by atoms with Crippen LogP contribution in [0.4, 0.5) is 11.4 Å². The fraction of sp³-hybridized carbons (Fsp3) is 0.105. The smallest absolute Gasteiger partial charge is 0.277 e. The first kappa shape index (κ1) is 17.4. The predicted octanol–water partition coefficient (Wildman–Crippen LogP) is 3.07. The van der Waals surface area contributed by atoms with Gasteiger partial charge in [0.2, 0.25) is 0 Å². The first-order valence-corrected chi connectivity index (χ1v) is 8.47. The van der Waals surface area contributed by atoms with Gasteiger partial charge in [0.05, 0.1) is 5.52 Å². The molecule has 0 aliphatic rings. The number of rotatable bonds is 4. The molecule has 0 saturated carbocycles. The molecule has 28 heavy (non-hydrogen) atoms. The molecule has 0 saturated heterocycles. The number of carbonyl (C=O) groups excluding carboxylic acids is 2. The standard InChI is InChI=1S/C19H16N6O3/c1-10-3-5-13(9-15(10)21-19(27)17-7-11(2)28-24-17)20-18(26)12-4-6-14-16(8-12)23-25-22-14/h3-9H,1-2H3,(H,20,26)(H,21,27)(H,22,23,25). The van der Waals surface area contributed by atoms with Crippen LogP contribution in [0.2, 0.25) is 0 Å². The fourth-order valence-corrected chi connectivity index (χ4v) is 2.68. The van der Waals surface area contributed by atoms with E-state index in [0.717, 1.165) is 5.56 Å². The number of carbonyl (C=O) groups is 2. The van der Waals surface area contributed by atoms with E-state index < -0.39 is 0 Å². The second-order valence-electron chi connectivity index (χ2n) is 6.30. The number of anilines is 2. The largest absolute Gasteiger partial charge is 0.361 e. The maximum absolute atomic E-state index is 12.5. The molecule has 4 aromatic rings. The number of aromatic amines is 1. The number of nitrogens with zero attached hydrogens (tertiary/aromatic N) is 3. The van der Waals surface area contributed by atoms with E-state index >= 15 is 0 Å². The lowest BCUT2D eigenvalue weighted by Gasteiger charge is -2.11. The van der Waals surface area contributed by atoms with E-state index in [2.05, 4.69) is 31.2 Å². The topological polar surface area (TPSA) is 126 Å². The summed E-state index contributed by atoms with van der Waals surface area (Å²) in [5.41, 5.74) is 3.96. The Hall–Kier alpha value is -4.01. The lowest BCUT2D eigenvalue weighted by molar-refractivity contribution is 0.101. The van der Waals surface area contributed by atoms with Crippen LogP contribution >= 0.6 is 0 Å². The zero-order chi connectivity index (χ0) is 19.7. The summed E-state index contributed by atoms with van der Waals surface area (Å²) in [5.74, 6) is -0.127. The first-order valence-electron chi connectivity index (χ1n) is 8.47. The number of aryl methyl sites for hydroxylation is 2. The van der Waals surface area contributed by atoms with Crippen LogP contribution in [0.1, 0.15) is 32.2 Å². The Morgan fingerprint density at radius 1 is 1.00 bits per heavy atom. The summed E-state index contributed by atoms with van der Waals surface area (Å²) < 4.78 is 4.92. The summed E-state index contributed by atoms with van der Waals surface area (Å²) in [6, 6.07) is 11.9. The molecule has 9 heteroatoms. The molecule has 0 aliphatic carbocycles. The van der Waals surface area contributed by atoms with E-state index in [0.29, 0.717) is 33.7 Å². The molecule has 2 aromatic heterocycles. The molecule has 0 fully saturated rings. The Kier molecular flexibility index (Phi) is 4.32. The van der Waals surface area contributed by atoms with Gasteiger partial charge in [0.25, 0.3) is 11.8 Å². The molecular weight excluding hydrogens is 360 g/mol. The first-order chi connectivity index (χ1) is 13.5. The molecule has 140 valence electrons. The third kappa shape index (κ3) is 3.45. The molecule has 0 bridgehead atoms. The third-order valence-electron chi connectivity index (χ3n) is 4.19. The third-order valence-corrected chi connectivity index (χ3v) is 4.19. The molecule has 4 rings (SSSR count). The summed E-state index contributed by atoms with van der Waals surface area (Å²) in [6.45, 7) is 3.57. The van der Waals surface area contributed by atoms with Crippen molar-refractivity contribution in [3.05, 3.63) is 65.0 Å². The van der Waals surface area contributed by atoms with Crippen LogP contribution in [-0.2, 0) is 0 Å². The minimum Gasteiger partial charge on any atom is -0.361 e. The number of H-pyrrole nitrogens is 1. The molecular formula is C19H16N6O3. The van der Waals surface area contributed by atoms with Crippen LogP contribution in [-0.4, -0.2) is 32.4 Å². The number of nitrogens with one attached hydrogen (secondary N) is 3. The molecule has 0 unspecified atom stereocenters. The minimum atomic E-state index is -0.388. The molecule has 0 atom stereocenters. The van der Waals surface area contributed by atoms with Crippen molar-refractivity contribution in [3.8, 4) is 0 Å². The highest BCUT2D eigenvalue weighted by molar-refractivity contribution is 6.07. The van der Waals surface area contributed by atoms with E-state index in [1.54, 1.807) is 49.4 Å². The van der Waals surface area contributed by atoms with Crippen molar-refractivity contribution in [3.63, 3.8) is 0 Å². The Morgan fingerprint density at radius 2 is 1.86 bits per heavy atom. The second kappa shape index (κ2) is 6.95. The van der Waals surface area contributed by atoms with E-state index in [1.807, 2.05) is 6.92 Å². The lowest BCUT2D eigenvalue weighted by atomic mass is 10.1. The molecule has 0 radical (unpaired) electrons. The molecule has 2 aromatic carbocycles. The monoisotopic (exact) mass is 376 g/mol. The number of hydrogen-bond acceptors (Lipinski definition) is 6. The van der Waals surface area contributed by atoms with Crippen molar-refractivity contribution in [1.29, 1.82) is 0 Å². The van der Waals surface area contributed by atoms with E-state index in [9.17, 15) is 9.59 Å². The molecule has 3 N–H and O–H groups in total. The number of aromatic nitrogens is 4. The zero-order valence-corrected chi connectivity index (χ0v) is 15.1. The highest BCUT2D eigenvalue weighted by Gasteiger charge is 2.14. The van der Waals surface area contributed by atoms with Crippen LogP contribution in [0.15, 0.2) is 47.0 Å². The Morgan fingerprint density at radius 3 is 2.64 bits per heavy atom. The second-order valence-corrected chi connectivity index (χ2v) is 6.30. The Bertz CT molecular complexity index is 1190. The van der Waals surface area contributed by atoms with Crippen LogP contribution < -0.4 is 10.6 Å². The van der Waals surface area contributed by atoms with E-state index in [-0.39, 0.29) is 17.5 Å². The van der Waals surface area contributed by atoms with Crippen LogP contribution in [0.5, 0.6) is 0 Å². The highest BCUT2D eigenvalue weighted by atomic mass is 16.5. The van der Waals surface area contributed by atoms with Crippen molar-refractivity contribution in [2.75, 3.05) is 10.6 Å². The predicted molar refractivity (Wildman–Crippen MR) is 102 cm³/mol. The van der Waals surface area contributed by atoms with Gasteiger partial charge in [-0.2, -0.15) is 0 Å². The summed E-state index contributed by atoms with van der Waals surface area (Å²) in [4.78, 5) is 24.8. The fourth-order valence-electron chi connectivity index (χ4n) is 2.68. The SMILES string of the molecule is Cc1cc(C(=O)Nc2cc(NC(=O)c3ccc4nn[nH]c4c3)ccc2C)no1. The molecule has 2 amide bonds. The maximum Gasteiger partial charge on any atom is 0.277 e. The van der Waals surface area contributed by atoms with Crippen LogP contribution in [0.3, 0.4) is 0 Å². The zero-order valence-electron chi connectivity index (χ0n) is 15.1. The van der Waals surface area contributed by atoms with Gasteiger partial charge in [-0.15, -0.1) is 5.10 Å². The van der Waals surface area contributed by atoms with Gasteiger partial charge in [0.1, 0.15) is 11.3 Å². The highest BCUT2D eigenvalue weighted by Crippen LogP contribution is 2.22. The van der Waals surface area contributed by atoms with Crippen molar-refractivity contribution < 1.29 is 14.1 Å². The van der Waals surface area contributed by atoms with Crippen molar-refractivity contribution in [2.24, 2.45) is 0 Å². The van der Waals surface area contributed by atoms with Gasteiger partial charge in [-0.25, -0.2) is 0 Å². The average molecular weight is 376 g/mol. The summed E-state index contributed by atoms with van der Waals surface area (Å²) >= 11 is 0. The van der Waals surface area contributed by atoms with Gasteiger partial charge in [-0.3, -0.25) is 14.7 Å². The lowest BCUT2D eigenvalue weighted by Crippen LogP contribution is -2.15. The normalized spacial score (nSPS) is 10.8. The molecule has 0 spiro atoms. The van der Waals surface area contributed by atoms with Gasteiger partial charge >= 0.3 is 0 Å². The van der Waals surface area contributed by atoms with Gasteiger partial charge in [-0.05, 0) is 49.7 Å². The van der Waals surface area contributed by atoms with Gasteiger partial charge < -0.3 is 15.2 Å². The Labute approximate surface area is 159 Å². The summed E-state index contributed by atoms with van der Waals surface area (Å²) in [5, 5.41) is 19.6. The number of amides is 2. The summed E-state index contributed by atoms with van der Waals surface area (Å²) in [6.07, 6.45) is 0. The average Bonchev–Trinajstić information content (AvgIpc) is 3.32. The van der Waals surface area contributed by atoms with Crippen molar-refractivity contribution in [1.82, 2.24) is 20.6 Å². The molecule has 2 heterocycles. The van der Waals surface area contributed by atoms with Gasteiger partial charge in [0.15, 0.2) is 5.69 Å². The maximum atomic E-state index is 12.5. The van der Waals surface area contributed by atoms with Crippen molar-refractivity contribution in [2.45, 2.75) is 13.8 Å².